The van der Waals surface area contributed by atoms with Crippen molar-refractivity contribution in [1.82, 2.24) is 14.9 Å². The standard InChI is InChI=1S/C10H19N3O/c1-9(2)12-8-10-11-4-5-13(10)6-7-14-3/h4-5,9,12H,6-8H2,1-3H3. The molecule has 0 saturated heterocycles. The third kappa shape index (κ3) is 3.47. The second kappa shape index (κ2) is 5.78. The Morgan fingerprint density at radius 1 is 1.57 bits per heavy atom. The second-order valence-electron chi connectivity index (χ2n) is 3.57. The van der Waals surface area contributed by atoms with Crippen LogP contribution in [0.3, 0.4) is 0 Å². The van der Waals surface area contributed by atoms with Gasteiger partial charge in [-0.05, 0) is 0 Å². The van der Waals surface area contributed by atoms with E-state index in [1.807, 2.05) is 12.4 Å². The number of nitrogens with zero attached hydrogens (tertiary/aromatic N) is 2. The Morgan fingerprint density at radius 3 is 3.00 bits per heavy atom. The van der Waals surface area contributed by atoms with E-state index in [1.165, 1.54) is 0 Å². The fraction of sp³-hybridized carbons (Fsp3) is 0.700. The van der Waals surface area contributed by atoms with E-state index in [0.29, 0.717) is 6.04 Å². The van der Waals surface area contributed by atoms with Gasteiger partial charge < -0.3 is 14.6 Å². The van der Waals surface area contributed by atoms with E-state index in [1.54, 1.807) is 7.11 Å². The zero-order valence-corrected chi connectivity index (χ0v) is 9.16. The number of imidazole rings is 1. The third-order valence-electron chi connectivity index (χ3n) is 2.01. The smallest absolute Gasteiger partial charge is 0.122 e. The molecule has 1 rings (SSSR count). The maximum absolute atomic E-state index is 5.03. The van der Waals surface area contributed by atoms with Gasteiger partial charge in [-0.25, -0.2) is 4.98 Å². The van der Waals surface area contributed by atoms with E-state index in [-0.39, 0.29) is 0 Å². The van der Waals surface area contributed by atoms with Crippen LogP contribution in [0.4, 0.5) is 0 Å². The van der Waals surface area contributed by atoms with Crippen LogP contribution >= 0.6 is 0 Å². The van der Waals surface area contributed by atoms with Crippen LogP contribution in [0.15, 0.2) is 12.4 Å². The summed E-state index contributed by atoms with van der Waals surface area (Å²) < 4.78 is 7.14. The first-order valence-electron chi connectivity index (χ1n) is 4.96. The van der Waals surface area contributed by atoms with Crippen molar-refractivity contribution in [3.8, 4) is 0 Å². The van der Waals surface area contributed by atoms with Gasteiger partial charge >= 0.3 is 0 Å². The van der Waals surface area contributed by atoms with Crippen molar-refractivity contribution in [2.75, 3.05) is 13.7 Å². The number of methoxy groups -OCH3 is 1. The number of rotatable bonds is 6. The first-order chi connectivity index (χ1) is 6.74. The molecule has 80 valence electrons. The van der Waals surface area contributed by atoms with Gasteiger partial charge in [0.15, 0.2) is 0 Å². The number of hydrogen-bond acceptors (Lipinski definition) is 3. The first kappa shape index (κ1) is 11.2. The van der Waals surface area contributed by atoms with E-state index >= 15 is 0 Å². The van der Waals surface area contributed by atoms with Crippen LogP contribution in [0, 0.1) is 0 Å². The van der Waals surface area contributed by atoms with Crippen LogP contribution in [0.25, 0.3) is 0 Å². The van der Waals surface area contributed by atoms with Crippen molar-refractivity contribution < 1.29 is 4.74 Å². The molecule has 0 aromatic carbocycles. The Hall–Kier alpha value is -0.870. The molecule has 14 heavy (non-hydrogen) atoms. The van der Waals surface area contributed by atoms with Crippen molar-refractivity contribution in [3.63, 3.8) is 0 Å². The fourth-order valence-electron chi connectivity index (χ4n) is 1.20. The molecule has 0 radical (unpaired) electrons. The molecular weight excluding hydrogens is 178 g/mol. The average Bonchev–Trinajstić information content (AvgIpc) is 2.58. The number of ether oxygens (including phenoxy) is 1. The minimum atomic E-state index is 0.488. The summed E-state index contributed by atoms with van der Waals surface area (Å²) in [6.07, 6.45) is 3.81. The van der Waals surface area contributed by atoms with Crippen LogP contribution in [0.5, 0.6) is 0 Å². The molecule has 0 aliphatic heterocycles. The Labute approximate surface area is 85.3 Å². The lowest BCUT2D eigenvalue weighted by molar-refractivity contribution is 0.186. The summed E-state index contributed by atoms with van der Waals surface area (Å²) in [5.41, 5.74) is 0. The van der Waals surface area contributed by atoms with Crippen molar-refractivity contribution in [2.45, 2.75) is 33.0 Å². The molecule has 0 fully saturated rings. The Morgan fingerprint density at radius 2 is 2.36 bits per heavy atom. The van der Waals surface area contributed by atoms with Gasteiger partial charge in [-0.1, -0.05) is 13.8 Å². The highest BCUT2D eigenvalue weighted by atomic mass is 16.5. The molecule has 0 aliphatic carbocycles. The van der Waals surface area contributed by atoms with Gasteiger partial charge in [-0.3, -0.25) is 0 Å². The molecule has 1 heterocycles. The van der Waals surface area contributed by atoms with Gasteiger partial charge in [-0.2, -0.15) is 0 Å². The molecule has 0 atom stereocenters. The molecule has 1 N–H and O–H groups in total. The predicted octanol–water partition coefficient (Wildman–Crippen LogP) is 1.03. The van der Waals surface area contributed by atoms with E-state index in [0.717, 1.165) is 25.5 Å². The highest BCUT2D eigenvalue weighted by Crippen LogP contribution is 1.97. The predicted molar refractivity (Wildman–Crippen MR) is 56.1 cm³/mol. The molecule has 0 aliphatic rings. The summed E-state index contributed by atoms with van der Waals surface area (Å²) in [4.78, 5) is 4.29. The van der Waals surface area contributed by atoms with E-state index in [4.69, 9.17) is 4.74 Å². The largest absolute Gasteiger partial charge is 0.383 e. The molecular formula is C10H19N3O. The lowest BCUT2D eigenvalue weighted by Crippen LogP contribution is -2.24. The van der Waals surface area contributed by atoms with E-state index in [2.05, 4.69) is 28.7 Å². The van der Waals surface area contributed by atoms with Crippen LogP contribution in [-0.2, 0) is 17.8 Å². The second-order valence-corrected chi connectivity index (χ2v) is 3.57. The molecule has 1 aromatic rings. The lowest BCUT2D eigenvalue weighted by atomic mass is 10.4. The summed E-state index contributed by atoms with van der Waals surface area (Å²) >= 11 is 0. The summed E-state index contributed by atoms with van der Waals surface area (Å²) in [5, 5.41) is 3.34. The molecule has 0 saturated carbocycles. The summed E-state index contributed by atoms with van der Waals surface area (Å²) in [6, 6.07) is 0.488. The number of nitrogens with one attached hydrogen (secondary N) is 1. The Bertz CT molecular complexity index is 258. The normalized spacial score (nSPS) is 11.1. The third-order valence-corrected chi connectivity index (χ3v) is 2.01. The first-order valence-corrected chi connectivity index (χ1v) is 4.96. The SMILES string of the molecule is COCCn1ccnc1CNC(C)C. The van der Waals surface area contributed by atoms with E-state index in [9.17, 15) is 0 Å². The fourth-order valence-corrected chi connectivity index (χ4v) is 1.20. The Balaban J connectivity index is 2.45. The van der Waals surface area contributed by atoms with Crippen LogP contribution in [0.1, 0.15) is 19.7 Å². The van der Waals surface area contributed by atoms with Crippen LogP contribution < -0.4 is 5.32 Å². The van der Waals surface area contributed by atoms with Gasteiger partial charge in [-0.15, -0.1) is 0 Å². The molecule has 1 aromatic heterocycles. The zero-order valence-electron chi connectivity index (χ0n) is 9.16. The van der Waals surface area contributed by atoms with Gasteiger partial charge in [0, 0.05) is 32.1 Å². The summed E-state index contributed by atoms with van der Waals surface area (Å²) in [7, 11) is 1.71. The van der Waals surface area contributed by atoms with Gasteiger partial charge in [0.25, 0.3) is 0 Å². The maximum atomic E-state index is 5.03. The molecule has 0 spiro atoms. The summed E-state index contributed by atoms with van der Waals surface area (Å²) in [6.45, 7) is 6.66. The van der Waals surface area contributed by atoms with Crippen molar-refractivity contribution >= 4 is 0 Å². The highest BCUT2D eigenvalue weighted by Gasteiger charge is 2.02. The molecule has 0 amide bonds. The molecule has 4 heteroatoms. The van der Waals surface area contributed by atoms with Gasteiger partial charge in [0.05, 0.1) is 13.2 Å². The van der Waals surface area contributed by atoms with Crippen molar-refractivity contribution in [3.05, 3.63) is 18.2 Å². The van der Waals surface area contributed by atoms with E-state index < -0.39 is 0 Å². The molecule has 0 bridgehead atoms. The average molecular weight is 197 g/mol. The topological polar surface area (TPSA) is 39.1 Å². The lowest BCUT2D eigenvalue weighted by Gasteiger charge is -2.10. The van der Waals surface area contributed by atoms with Crippen LogP contribution in [0.2, 0.25) is 0 Å². The number of hydrogen-bond donors (Lipinski definition) is 1. The Kier molecular flexibility index (Phi) is 4.62. The van der Waals surface area contributed by atoms with Gasteiger partial charge in [0.1, 0.15) is 5.82 Å². The minimum absolute atomic E-state index is 0.488. The minimum Gasteiger partial charge on any atom is -0.383 e. The maximum Gasteiger partial charge on any atom is 0.122 e. The molecule has 4 nitrogen and oxygen atoms in total. The van der Waals surface area contributed by atoms with Gasteiger partial charge in [0.2, 0.25) is 0 Å². The summed E-state index contributed by atoms with van der Waals surface area (Å²) in [5.74, 6) is 1.07. The quantitative estimate of drug-likeness (QED) is 0.740. The van der Waals surface area contributed by atoms with Crippen LogP contribution in [-0.4, -0.2) is 29.3 Å². The zero-order chi connectivity index (χ0) is 10.4. The van der Waals surface area contributed by atoms with Crippen molar-refractivity contribution in [1.29, 1.82) is 0 Å². The highest BCUT2D eigenvalue weighted by molar-refractivity contribution is 4.92. The van der Waals surface area contributed by atoms with Crippen molar-refractivity contribution in [2.24, 2.45) is 0 Å². The molecule has 0 unspecified atom stereocenters. The monoisotopic (exact) mass is 197 g/mol. The number of aromatic nitrogens is 2.